The summed E-state index contributed by atoms with van der Waals surface area (Å²) in [5.41, 5.74) is 15.1. The van der Waals surface area contributed by atoms with Crippen molar-refractivity contribution in [3.05, 3.63) is 205 Å². The molecule has 1 aliphatic rings. The standard InChI is InChI=1S/C55H38N2/c1-55(2)49-28-14-27-47(53(49)48-32-37-18-6-7-19-38(37)33-50(48)55)45-29-30-46(44-25-11-10-24-43(44)45)52-34-51(56-54(57-52)36-16-4-3-5-17-36)40-22-12-21-39(31-40)42-26-13-20-35-15-8-9-23-41(35)42/h3-34H,1-2H3. The molecule has 0 radical (unpaired) electrons. The van der Waals surface area contributed by atoms with Gasteiger partial charge in [0.15, 0.2) is 5.82 Å². The van der Waals surface area contributed by atoms with Crippen LogP contribution in [0.3, 0.4) is 0 Å². The molecule has 2 heteroatoms. The lowest BCUT2D eigenvalue weighted by Crippen LogP contribution is -2.14. The van der Waals surface area contributed by atoms with Crippen LogP contribution in [-0.2, 0) is 5.41 Å². The number of hydrogen-bond donors (Lipinski definition) is 0. The van der Waals surface area contributed by atoms with Crippen molar-refractivity contribution in [2.24, 2.45) is 0 Å². The zero-order valence-electron chi connectivity index (χ0n) is 31.9. The third kappa shape index (κ3) is 5.40. The summed E-state index contributed by atoms with van der Waals surface area (Å²) < 4.78 is 0. The van der Waals surface area contributed by atoms with E-state index in [0.29, 0.717) is 5.82 Å². The topological polar surface area (TPSA) is 25.8 Å². The minimum absolute atomic E-state index is 0.115. The lowest BCUT2D eigenvalue weighted by Gasteiger charge is -2.22. The smallest absolute Gasteiger partial charge is 0.160 e. The zero-order chi connectivity index (χ0) is 38.1. The van der Waals surface area contributed by atoms with Crippen LogP contribution < -0.4 is 0 Å². The molecule has 0 bridgehead atoms. The van der Waals surface area contributed by atoms with E-state index in [2.05, 4.69) is 202 Å². The first-order valence-corrected chi connectivity index (χ1v) is 19.7. The highest BCUT2D eigenvalue weighted by molar-refractivity contribution is 6.09. The molecule has 0 amide bonds. The van der Waals surface area contributed by atoms with Gasteiger partial charge in [-0.15, -0.1) is 0 Å². The average Bonchev–Trinajstić information content (AvgIpc) is 3.50. The molecule has 11 rings (SSSR count). The number of benzene rings is 9. The fourth-order valence-electron chi connectivity index (χ4n) is 9.23. The molecular formula is C55H38N2. The van der Waals surface area contributed by atoms with Gasteiger partial charge in [0.05, 0.1) is 11.4 Å². The van der Waals surface area contributed by atoms with E-state index in [0.717, 1.165) is 39.0 Å². The van der Waals surface area contributed by atoms with E-state index >= 15 is 0 Å². The van der Waals surface area contributed by atoms with Gasteiger partial charge in [-0.05, 0) is 101 Å². The summed E-state index contributed by atoms with van der Waals surface area (Å²) in [6.07, 6.45) is 0. The zero-order valence-corrected chi connectivity index (χ0v) is 31.9. The maximum Gasteiger partial charge on any atom is 0.160 e. The Bertz CT molecular complexity index is 3210. The minimum atomic E-state index is -0.115. The molecule has 0 N–H and O–H groups in total. The molecule has 0 saturated carbocycles. The van der Waals surface area contributed by atoms with Crippen LogP contribution in [0, 0.1) is 0 Å². The highest BCUT2D eigenvalue weighted by atomic mass is 14.9. The van der Waals surface area contributed by atoms with Crippen molar-refractivity contribution < 1.29 is 0 Å². The van der Waals surface area contributed by atoms with Gasteiger partial charge in [-0.1, -0.05) is 184 Å². The van der Waals surface area contributed by atoms with Gasteiger partial charge in [0.2, 0.25) is 0 Å². The van der Waals surface area contributed by atoms with Crippen molar-refractivity contribution in [3.63, 3.8) is 0 Å². The molecule has 0 atom stereocenters. The summed E-state index contributed by atoms with van der Waals surface area (Å²) in [6.45, 7) is 4.73. The SMILES string of the molecule is CC1(C)c2cc3ccccc3cc2-c2c(-c3ccc(-c4cc(-c5cccc(-c6cccc7ccccc67)c5)nc(-c5ccccc5)n4)c4ccccc34)cccc21. The van der Waals surface area contributed by atoms with Crippen molar-refractivity contribution in [2.45, 2.75) is 19.3 Å². The first-order chi connectivity index (χ1) is 28.0. The summed E-state index contributed by atoms with van der Waals surface area (Å²) in [4.78, 5) is 10.5. The van der Waals surface area contributed by atoms with Crippen molar-refractivity contribution in [2.75, 3.05) is 0 Å². The third-order valence-corrected chi connectivity index (χ3v) is 12.1. The van der Waals surface area contributed by atoms with Crippen LogP contribution in [0.2, 0.25) is 0 Å². The lowest BCUT2D eigenvalue weighted by molar-refractivity contribution is 0.661. The Kier molecular flexibility index (Phi) is 7.55. The molecule has 0 saturated heterocycles. The van der Waals surface area contributed by atoms with Gasteiger partial charge in [0, 0.05) is 22.1 Å². The number of aromatic nitrogens is 2. The summed E-state index contributed by atoms with van der Waals surface area (Å²) in [7, 11) is 0. The van der Waals surface area contributed by atoms with Crippen LogP contribution in [0.5, 0.6) is 0 Å². The molecule has 10 aromatic rings. The number of fused-ring (bicyclic) bond motifs is 6. The summed E-state index contributed by atoms with van der Waals surface area (Å²) in [5, 5.41) is 7.39. The highest BCUT2D eigenvalue weighted by Crippen LogP contribution is 2.54. The van der Waals surface area contributed by atoms with E-state index in [1.807, 2.05) is 6.07 Å². The minimum Gasteiger partial charge on any atom is -0.228 e. The first-order valence-electron chi connectivity index (χ1n) is 19.7. The van der Waals surface area contributed by atoms with Crippen LogP contribution in [0.25, 0.3) is 99.6 Å². The predicted molar refractivity (Wildman–Crippen MR) is 239 cm³/mol. The van der Waals surface area contributed by atoms with Gasteiger partial charge in [0.1, 0.15) is 0 Å². The van der Waals surface area contributed by atoms with E-state index in [1.54, 1.807) is 0 Å². The fraction of sp³-hybridized carbons (Fsp3) is 0.0545. The van der Waals surface area contributed by atoms with Crippen molar-refractivity contribution >= 4 is 32.3 Å². The maximum absolute atomic E-state index is 5.30. The molecule has 1 heterocycles. The van der Waals surface area contributed by atoms with Crippen LogP contribution in [0.1, 0.15) is 25.0 Å². The van der Waals surface area contributed by atoms with Gasteiger partial charge in [-0.3, -0.25) is 0 Å². The molecule has 0 spiro atoms. The van der Waals surface area contributed by atoms with Gasteiger partial charge >= 0.3 is 0 Å². The number of hydrogen-bond acceptors (Lipinski definition) is 2. The quantitative estimate of drug-likeness (QED) is 0.176. The van der Waals surface area contributed by atoms with Crippen molar-refractivity contribution in [1.29, 1.82) is 0 Å². The Morgan fingerprint density at radius 2 is 0.912 bits per heavy atom. The Morgan fingerprint density at radius 3 is 1.74 bits per heavy atom. The molecule has 1 aliphatic carbocycles. The fourth-order valence-corrected chi connectivity index (χ4v) is 9.23. The van der Waals surface area contributed by atoms with Gasteiger partial charge in [0.25, 0.3) is 0 Å². The molecule has 1 aromatic heterocycles. The number of rotatable bonds is 5. The molecule has 0 fully saturated rings. The van der Waals surface area contributed by atoms with Crippen molar-refractivity contribution in [1.82, 2.24) is 9.97 Å². The van der Waals surface area contributed by atoms with Crippen LogP contribution in [0.15, 0.2) is 194 Å². The Morgan fingerprint density at radius 1 is 0.333 bits per heavy atom. The van der Waals surface area contributed by atoms with Gasteiger partial charge < -0.3 is 0 Å². The monoisotopic (exact) mass is 726 g/mol. The maximum atomic E-state index is 5.30. The van der Waals surface area contributed by atoms with Crippen LogP contribution >= 0.6 is 0 Å². The molecular weight excluding hydrogens is 689 g/mol. The highest BCUT2D eigenvalue weighted by Gasteiger charge is 2.37. The van der Waals surface area contributed by atoms with E-state index in [-0.39, 0.29) is 5.41 Å². The summed E-state index contributed by atoms with van der Waals surface area (Å²) in [6, 6.07) is 70.2. The Labute approximate surface area is 332 Å². The molecule has 2 nitrogen and oxygen atoms in total. The normalized spacial score (nSPS) is 12.9. The Balaban J connectivity index is 1.09. The second kappa shape index (κ2) is 13.0. The predicted octanol–water partition coefficient (Wildman–Crippen LogP) is 14.6. The number of nitrogens with zero attached hydrogens (tertiary/aromatic N) is 2. The summed E-state index contributed by atoms with van der Waals surface area (Å²) >= 11 is 0. The lowest BCUT2D eigenvalue weighted by atomic mass is 9.81. The average molecular weight is 727 g/mol. The first kappa shape index (κ1) is 33.2. The van der Waals surface area contributed by atoms with E-state index in [9.17, 15) is 0 Å². The third-order valence-electron chi connectivity index (χ3n) is 12.1. The van der Waals surface area contributed by atoms with E-state index < -0.39 is 0 Å². The van der Waals surface area contributed by atoms with Gasteiger partial charge in [-0.25, -0.2) is 9.97 Å². The molecule has 57 heavy (non-hydrogen) atoms. The molecule has 0 unspecified atom stereocenters. The summed E-state index contributed by atoms with van der Waals surface area (Å²) in [5.74, 6) is 0.707. The van der Waals surface area contributed by atoms with Crippen LogP contribution in [-0.4, -0.2) is 9.97 Å². The van der Waals surface area contributed by atoms with Gasteiger partial charge in [-0.2, -0.15) is 0 Å². The van der Waals surface area contributed by atoms with Crippen LogP contribution in [0.4, 0.5) is 0 Å². The molecule has 9 aromatic carbocycles. The largest absolute Gasteiger partial charge is 0.228 e. The van der Waals surface area contributed by atoms with E-state index in [4.69, 9.17) is 9.97 Å². The van der Waals surface area contributed by atoms with E-state index in [1.165, 1.54) is 65.9 Å². The van der Waals surface area contributed by atoms with Crippen molar-refractivity contribution in [3.8, 4) is 67.3 Å². The molecule has 0 aliphatic heterocycles. The molecule has 268 valence electrons. The second-order valence-electron chi connectivity index (χ2n) is 15.7. The Hall–Kier alpha value is -7.16. The second-order valence-corrected chi connectivity index (χ2v) is 15.7.